The molecule has 29 heavy (non-hydrogen) atoms. The number of ether oxygens (including phenoxy) is 1. The molecule has 2 fully saturated rings. The minimum atomic E-state index is -3.67. The maximum absolute atomic E-state index is 13.2. The summed E-state index contributed by atoms with van der Waals surface area (Å²) < 4.78 is 38.4. The summed E-state index contributed by atoms with van der Waals surface area (Å²) in [7, 11) is -3.67. The van der Waals surface area contributed by atoms with E-state index in [1.807, 2.05) is 6.92 Å². The number of aromatic nitrogens is 2. The highest BCUT2D eigenvalue weighted by molar-refractivity contribution is 7.91. The normalized spacial score (nSPS) is 21.4. The van der Waals surface area contributed by atoms with Gasteiger partial charge in [0.1, 0.15) is 4.21 Å². The van der Waals surface area contributed by atoms with Gasteiger partial charge in [-0.05, 0) is 18.9 Å². The van der Waals surface area contributed by atoms with E-state index in [4.69, 9.17) is 9.26 Å². The molecule has 4 rings (SSSR count). The fraction of sp³-hybridized carbons (Fsp3) is 0.611. The maximum atomic E-state index is 13.2. The van der Waals surface area contributed by atoms with Gasteiger partial charge in [-0.25, -0.2) is 8.42 Å². The highest BCUT2D eigenvalue weighted by Gasteiger charge is 2.36. The molecule has 2 saturated heterocycles. The van der Waals surface area contributed by atoms with E-state index in [-0.39, 0.29) is 22.6 Å². The molecular formula is C18H24N4O5S2. The molecule has 2 aliphatic heterocycles. The van der Waals surface area contributed by atoms with Gasteiger partial charge in [-0.1, -0.05) is 12.1 Å². The van der Waals surface area contributed by atoms with Gasteiger partial charge in [-0.15, -0.1) is 11.3 Å². The summed E-state index contributed by atoms with van der Waals surface area (Å²) in [5.41, 5.74) is 0.620. The molecule has 0 unspecified atom stereocenters. The largest absolute Gasteiger partial charge is 0.378 e. The minimum Gasteiger partial charge on any atom is -0.378 e. The zero-order valence-corrected chi connectivity index (χ0v) is 17.9. The van der Waals surface area contributed by atoms with Crippen molar-refractivity contribution < 1.29 is 22.5 Å². The van der Waals surface area contributed by atoms with Crippen LogP contribution in [0, 0.1) is 5.92 Å². The second-order valence-corrected chi connectivity index (χ2v) is 10.2. The highest BCUT2D eigenvalue weighted by atomic mass is 32.2. The van der Waals surface area contributed by atoms with E-state index in [9.17, 15) is 13.2 Å². The number of carbonyl (C=O) groups excluding carboxylic acids is 1. The van der Waals surface area contributed by atoms with Gasteiger partial charge in [0, 0.05) is 43.5 Å². The predicted molar refractivity (Wildman–Crippen MR) is 106 cm³/mol. The number of sulfonamides is 1. The van der Waals surface area contributed by atoms with Crippen molar-refractivity contribution in [3.63, 3.8) is 0 Å². The summed E-state index contributed by atoms with van der Waals surface area (Å²) in [6.45, 7) is 4.76. The second-order valence-electron chi connectivity index (χ2n) is 7.16. The average molecular weight is 441 g/mol. The van der Waals surface area contributed by atoms with Gasteiger partial charge in [0.2, 0.25) is 17.6 Å². The van der Waals surface area contributed by atoms with E-state index in [2.05, 4.69) is 10.1 Å². The van der Waals surface area contributed by atoms with Crippen molar-refractivity contribution in [3.8, 4) is 11.4 Å². The SMILES string of the molecule is CCc1nc(-c2csc(S(=O)(=O)N3CCC[C@@H](C(=O)N4CCOCC4)C3)c2)no1. The van der Waals surface area contributed by atoms with E-state index in [1.165, 1.54) is 4.31 Å². The summed E-state index contributed by atoms with van der Waals surface area (Å²) in [6, 6.07) is 1.58. The monoisotopic (exact) mass is 440 g/mol. The smallest absolute Gasteiger partial charge is 0.252 e. The van der Waals surface area contributed by atoms with Crippen molar-refractivity contribution in [2.24, 2.45) is 5.92 Å². The van der Waals surface area contributed by atoms with Crippen LogP contribution >= 0.6 is 11.3 Å². The number of thiophene rings is 1. The van der Waals surface area contributed by atoms with Crippen molar-refractivity contribution in [1.29, 1.82) is 0 Å². The Labute approximate surface area is 173 Å². The molecule has 11 heteroatoms. The molecule has 158 valence electrons. The first-order valence-corrected chi connectivity index (χ1v) is 12.1. The zero-order valence-electron chi connectivity index (χ0n) is 16.2. The Hall–Kier alpha value is -1.82. The van der Waals surface area contributed by atoms with Crippen molar-refractivity contribution in [1.82, 2.24) is 19.3 Å². The molecule has 0 aromatic carbocycles. The molecule has 0 N–H and O–H groups in total. The lowest BCUT2D eigenvalue weighted by Crippen LogP contribution is -2.49. The quantitative estimate of drug-likeness (QED) is 0.695. The first kappa shape index (κ1) is 20.5. The summed E-state index contributed by atoms with van der Waals surface area (Å²) in [5.74, 6) is 0.619. The number of hydrogen-bond acceptors (Lipinski definition) is 8. The Morgan fingerprint density at radius 2 is 2.10 bits per heavy atom. The van der Waals surface area contributed by atoms with Crippen LogP contribution in [0.3, 0.4) is 0 Å². The molecular weight excluding hydrogens is 416 g/mol. The van der Waals surface area contributed by atoms with Gasteiger partial charge in [-0.2, -0.15) is 9.29 Å². The van der Waals surface area contributed by atoms with Crippen LogP contribution in [0.5, 0.6) is 0 Å². The van der Waals surface area contributed by atoms with Crippen LogP contribution in [0.15, 0.2) is 20.2 Å². The van der Waals surface area contributed by atoms with Crippen molar-refractivity contribution in [2.45, 2.75) is 30.4 Å². The van der Waals surface area contributed by atoms with Gasteiger partial charge in [0.25, 0.3) is 10.0 Å². The second kappa shape index (κ2) is 8.50. The standard InChI is InChI=1S/C18H24N4O5S2/c1-2-15-19-17(20-27-15)14-10-16(28-12-14)29(24,25)22-5-3-4-13(11-22)18(23)21-6-8-26-9-7-21/h10,12-13H,2-9,11H2,1H3/t13-/m1/s1. The van der Waals surface area contributed by atoms with Crippen LogP contribution in [0.25, 0.3) is 11.4 Å². The van der Waals surface area contributed by atoms with E-state index >= 15 is 0 Å². The Morgan fingerprint density at radius 3 is 2.83 bits per heavy atom. The number of amides is 1. The number of morpholine rings is 1. The maximum Gasteiger partial charge on any atom is 0.252 e. The van der Waals surface area contributed by atoms with Crippen LogP contribution in [0.2, 0.25) is 0 Å². The third kappa shape index (κ3) is 4.23. The molecule has 2 aliphatic rings. The molecule has 0 spiro atoms. The van der Waals surface area contributed by atoms with Crippen molar-refractivity contribution in [2.75, 3.05) is 39.4 Å². The van der Waals surface area contributed by atoms with Crippen LogP contribution in [-0.4, -0.2) is 73.1 Å². The van der Waals surface area contributed by atoms with Crippen molar-refractivity contribution in [3.05, 3.63) is 17.3 Å². The van der Waals surface area contributed by atoms with Gasteiger partial charge >= 0.3 is 0 Å². The summed E-state index contributed by atoms with van der Waals surface area (Å²) in [6.07, 6.45) is 2.00. The van der Waals surface area contributed by atoms with Gasteiger partial charge < -0.3 is 14.2 Å². The van der Waals surface area contributed by atoms with Crippen LogP contribution < -0.4 is 0 Å². The Bertz CT molecular complexity index is 965. The molecule has 0 saturated carbocycles. The minimum absolute atomic E-state index is 0.0268. The number of hydrogen-bond donors (Lipinski definition) is 0. The summed E-state index contributed by atoms with van der Waals surface area (Å²) in [5, 5.41) is 5.62. The van der Waals surface area contributed by atoms with Crippen LogP contribution in [-0.2, 0) is 26.0 Å². The fourth-order valence-electron chi connectivity index (χ4n) is 3.62. The van der Waals surface area contributed by atoms with Crippen LogP contribution in [0.4, 0.5) is 0 Å². The van der Waals surface area contributed by atoms with E-state index in [0.29, 0.717) is 69.4 Å². The fourth-order valence-corrected chi connectivity index (χ4v) is 6.45. The molecule has 0 bridgehead atoms. The molecule has 1 atom stereocenters. The number of piperidine rings is 1. The molecule has 2 aromatic rings. The number of carbonyl (C=O) groups is 1. The summed E-state index contributed by atoms with van der Waals surface area (Å²) in [4.78, 5) is 18.8. The molecule has 2 aromatic heterocycles. The van der Waals surface area contributed by atoms with Crippen molar-refractivity contribution >= 4 is 27.3 Å². The lowest BCUT2D eigenvalue weighted by atomic mass is 9.98. The average Bonchev–Trinajstić information content (AvgIpc) is 3.43. The van der Waals surface area contributed by atoms with Gasteiger partial charge in [0.15, 0.2) is 0 Å². The molecule has 0 aliphatic carbocycles. The van der Waals surface area contributed by atoms with Gasteiger partial charge in [-0.3, -0.25) is 4.79 Å². The van der Waals surface area contributed by atoms with E-state index in [1.54, 1.807) is 16.3 Å². The molecule has 1 amide bonds. The number of rotatable bonds is 5. The van der Waals surface area contributed by atoms with Crippen LogP contribution in [0.1, 0.15) is 25.7 Å². The highest BCUT2D eigenvalue weighted by Crippen LogP contribution is 2.31. The zero-order chi connectivity index (χ0) is 20.4. The number of aryl methyl sites for hydroxylation is 1. The molecule has 0 radical (unpaired) electrons. The third-order valence-corrected chi connectivity index (χ3v) is 8.53. The molecule has 9 nitrogen and oxygen atoms in total. The first-order chi connectivity index (χ1) is 14.0. The Kier molecular flexibility index (Phi) is 6.00. The van der Waals surface area contributed by atoms with Gasteiger partial charge in [0.05, 0.1) is 19.1 Å². The number of nitrogens with zero attached hydrogens (tertiary/aromatic N) is 4. The first-order valence-electron chi connectivity index (χ1n) is 9.77. The van der Waals surface area contributed by atoms with E-state index in [0.717, 1.165) is 11.3 Å². The molecule has 4 heterocycles. The lowest BCUT2D eigenvalue weighted by molar-refractivity contribution is -0.140. The summed E-state index contributed by atoms with van der Waals surface area (Å²) >= 11 is 1.14. The predicted octanol–water partition coefficient (Wildman–Crippen LogP) is 1.62. The topological polar surface area (TPSA) is 106 Å². The van der Waals surface area contributed by atoms with E-state index < -0.39 is 10.0 Å². The Balaban J connectivity index is 1.48. The third-order valence-electron chi connectivity index (χ3n) is 5.25. The lowest BCUT2D eigenvalue weighted by Gasteiger charge is -2.35. The Morgan fingerprint density at radius 1 is 1.31 bits per heavy atom.